The Kier molecular flexibility index (Phi) is 8.72. The van der Waals surface area contributed by atoms with Gasteiger partial charge in [-0.2, -0.15) is 0 Å². The Morgan fingerprint density at radius 2 is 1.70 bits per heavy atom. The van der Waals surface area contributed by atoms with Crippen molar-refractivity contribution in [2.75, 3.05) is 52.4 Å². The number of rotatable bonds is 6. The molecule has 8 heteroatoms. The lowest BCUT2D eigenvalue weighted by Gasteiger charge is -2.35. The Labute approximate surface area is 197 Å². The molecule has 1 N–H and O–H groups in total. The highest BCUT2D eigenvalue weighted by molar-refractivity contribution is 5.82. The van der Waals surface area contributed by atoms with Crippen LogP contribution in [0.2, 0.25) is 0 Å². The van der Waals surface area contributed by atoms with E-state index >= 15 is 0 Å². The van der Waals surface area contributed by atoms with E-state index in [1.165, 1.54) is 0 Å². The van der Waals surface area contributed by atoms with Crippen molar-refractivity contribution in [2.45, 2.75) is 45.6 Å². The van der Waals surface area contributed by atoms with E-state index in [9.17, 15) is 14.4 Å². The molecule has 182 valence electrons. The maximum Gasteiger partial charge on any atom is 0.410 e. The highest BCUT2D eigenvalue weighted by Crippen LogP contribution is 2.18. The van der Waals surface area contributed by atoms with Crippen molar-refractivity contribution < 1.29 is 19.1 Å². The Morgan fingerprint density at radius 1 is 1.00 bits per heavy atom. The first-order chi connectivity index (χ1) is 15.7. The third-order valence-electron chi connectivity index (χ3n) is 6.09. The second kappa shape index (κ2) is 11.5. The topological polar surface area (TPSA) is 82.2 Å². The number of amides is 3. The van der Waals surface area contributed by atoms with E-state index < -0.39 is 5.60 Å². The van der Waals surface area contributed by atoms with Crippen molar-refractivity contribution in [3.05, 3.63) is 35.9 Å². The van der Waals surface area contributed by atoms with Crippen LogP contribution >= 0.6 is 0 Å². The van der Waals surface area contributed by atoms with Crippen LogP contribution < -0.4 is 5.32 Å². The second-order valence-corrected chi connectivity index (χ2v) is 9.94. The third-order valence-corrected chi connectivity index (χ3v) is 6.09. The molecule has 3 amide bonds. The van der Waals surface area contributed by atoms with Gasteiger partial charge in [-0.05, 0) is 39.2 Å². The molecule has 2 aliphatic heterocycles. The number of hydrogen-bond donors (Lipinski definition) is 1. The fourth-order valence-corrected chi connectivity index (χ4v) is 4.26. The minimum Gasteiger partial charge on any atom is -0.444 e. The molecule has 1 atom stereocenters. The summed E-state index contributed by atoms with van der Waals surface area (Å²) in [7, 11) is 0. The summed E-state index contributed by atoms with van der Waals surface area (Å²) in [5, 5.41) is 3.05. The number of ether oxygens (including phenoxy) is 1. The summed E-state index contributed by atoms with van der Waals surface area (Å²) < 4.78 is 5.43. The van der Waals surface area contributed by atoms with Gasteiger partial charge < -0.3 is 19.9 Å². The SMILES string of the molecule is CC(C)(C)OC(=O)N1CCN(CCNC(=O)C2CCCN(C(=O)Cc3ccccc3)C2)CC1. The molecule has 2 fully saturated rings. The number of hydrogen-bond acceptors (Lipinski definition) is 5. The van der Waals surface area contributed by atoms with Gasteiger partial charge in [0.15, 0.2) is 0 Å². The minimum atomic E-state index is -0.487. The first kappa shape index (κ1) is 25.0. The number of piperidine rings is 1. The van der Waals surface area contributed by atoms with Gasteiger partial charge >= 0.3 is 6.09 Å². The van der Waals surface area contributed by atoms with Gasteiger partial charge in [-0.25, -0.2) is 4.79 Å². The lowest BCUT2D eigenvalue weighted by atomic mass is 9.96. The molecule has 2 heterocycles. The van der Waals surface area contributed by atoms with Crippen LogP contribution in [-0.4, -0.2) is 90.6 Å². The summed E-state index contributed by atoms with van der Waals surface area (Å²) in [6.07, 6.45) is 1.78. The van der Waals surface area contributed by atoms with E-state index in [-0.39, 0.29) is 23.8 Å². The second-order valence-electron chi connectivity index (χ2n) is 9.94. The molecular weight excluding hydrogens is 420 g/mol. The van der Waals surface area contributed by atoms with Crippen LogP contribution in [0, 0.1) is 5.92 Å². The van der Waals surface area contributed by atoms with Gasteiger partial charge in [-0.15, -0.1) is 0 Å². The molecule has 0 spiro atoms. The van der Waals surface area contributed by atoms with Gasteiger partial charge in [-0.1, -0.05) is 30.3 Å². The average Bonchev–Trinajstić information content (AvgIpc) is 2.79. The van der Waals surface area contributed by atoms with Gasteiger partial charge in [0.25, 0.3) is 0 Å². The predicted molar refractivity (Wildman–Crippen MR) is 127 cm³/mol. The zero-order valence-corrected chi connectivity index (χ0v) is 20.2. The standard InChI is InChI=1S/C25H38N4O4/c1-25(2,3)33-24(32)28-16-14-27(15-17-28)13-11-26-23(31)21-10-7-12-29(19-21)22(30)18-20-8-5-4-6-9-20/h4-6,8-9,21H,7,10-19H2,1-3H3,(H,26,31). The smallest absolute Gasteiger partial charge is 0.410 e. The van der Waals surface area contributed by atoms with E-state index in [1.807, 2.05) is 56.0 Å². The van der Waals surface area contributed by atoms with E-state index in [0.29, 0.717) is 32.6 Å². The van der Waals surface area contributed by atoms with Crippen molar-refractivity contribution in [1.82, 2.24) is 20.0 Å². The molecule has 0 aliphatic carbocycles. The highest BCUT2D eigenvalue weighted by atomic mass is 16.6. The Hall–Kier alpha value is -2.61. The molecular formula is C25H38N4O4. The lowest BCUT2D eigenvalue weighted by molar-refractivity contribution is -0.135. The van der Waals surface area contributed by atoms with Crippen molar-refractivity contribution >= 4 is 17.9 Å². The predicted octanol–water partition coefficient (Wildman–Crippen LogP) is 2.14. The van der Waals surface area contributed by atoms with E-state index in [1.54, 1.807) is 4.90 Å². The summed E-state index contributed by atoms with van der Waals surface area (Å²) in [6, 6.07) is 9.73. The van der Waals surface area contributed by atoms with Crippen LogP contribution in [-0.2, 0) is 20.7 Å². The third kappa shape index (κ3) is 8.03. The summed E-state index contributed by atoms with van der Waals surface area (Å²) in [6.45, 7) is 10.9. The number of nitrogens with one attached hydrogen (secondary N) is 1. The van der Waals surface area contributed by atoms with Crippen LogP contribution in [0.15, 0.2) is 30.3 Å². The normalized spacial score (nSPS) is 19.8. The number of piperazine rings is 1. The molecule has 2 saturated heterocycles. The van der Waals surface area contributed by atoms with Gasteiger partial charge in [0, 0.05) is 52.4 Å². The number of nitrogens with zero attached hydrogens (tertiary/aromatic N) is 3. The summed E-state index contributed by atoms with van der Waals surface area (Å²) >= 11 is 0. The van der Waals surface area contributed by atoms with E-state index in [0.717, 1.165) is 44.6 Å². The summed E-state index contributed by atoms with van der Waals surface area (Å²) in [4.78, 5) is 43.4. The van der Waals surface area contributed by atoms with Gasteiger partial charge in [0.05, 0.1) is 12.3 Å². The monoisotopic (exact) mass is 458 g/mol. The van der Waals surface area contributed by atoms with Crippen molar-refractivity contribution in [2.24, 2.45) is 5.92 Å². The molecule has 0 radical (unpaired) electrons. The summed E-state index contributed by atoms with van der Waals surface area (Å²) in [5.41, 5.74) is 0.514. The Morgan fingerprint density at radius 3 is 2.36 bits per heavy atom. The molecule has 3 rings (SSSR count). The maximum absolute atomic E-state index is 12.7. The lowest BCUT2D eigenvalue weighted by Crippen LogP contribution is -2.52. The van der Waals surface area contributed by atoms with Crippen LogP contribution in [0.1, 0.15) is 39.2 Å². The number of benzene rings is 1. The fraction of sp³-hybridized carbons (Fsp3) is 0.640. The largest absolute Gasteiger partial charge is 0.444 e. The van der Waals surface area contributed by atoms with Crippen LogP contribution in [0.3, 0.4) is 0 Å². The maximum atomic E-state index is 12.7. The summed E-state index contributed by atoms with van der Waals surface area (Å²) in [5.74, 6) is -0.0383. The quantitative estimate of drug-likeness (QED) is 0.706. The molecule has 0 bridgehead atoms. The van der Waals surface area contributed by atoms with Crippen molar-refractivity contribution in [3.8, 4) is 0 Å². The molecule has 2 aliphatic rings. The van der Waals surface area contributed by atoms with Crippen LogP contribution in [0.4, 0.5) is 4.79 Å². The van der Waals surface area contributed by atoms with Gasteiger partial charge in [0.1, 0.15) is 5.60 Å². The zero-order valence-electron chi connectivity index (χ0n) is 20.2. The molecule has 33 heavy (non-hydrogen) atoms. The van der Waals surface area contributed by atoms with Gasteiger partial charge in [0.2, 0.25) is 11.8 Å². The Balaban J connectivity index is 1.35. The van der Waals surface area contributed by atoms with E-state index in [2.05, 4.69) is 10.2 Å². The first-order valence-electron chi connectivity index (χ1n) is 12.0. The molecule has 0 aromatic heterocycles. The van der Waals surface area contributed by atoms with Crippen LogP contribution in [0.5, 0.6) is 0 Å². The highest BCUT2D eigenvalue weighted by Gasteiger charge is 2.29. The number of likely N-dealkylation sites (tertiary alicyclic amines) is 1. The van der Waals surface area contributed by atoms with E-state index in [4.69, 9.17) is 4.74 Å². The molecule has 0 saturated carbocycles. The first-order valence-corrected chi connectivity index (χ1v) is 12.0. The molecule has 8 nitrogen and oxygen atoms in total. The molecule has 1 unspecified atom stereocenters. The van der Waals surface area contributed by atoms with Crippen LogP contribution in [0.25, 0.3) is 0 Å². The number of carbonyl (C=O) groups excluding carboxylic acids is 3. The average molecular weight is 459 g/mol. The van der Waals surface area contributed by atoms with Crippen molar-refractivity contribution in [3.63, 3.8) is 0 Å². The molecule has 1 aromatic rings. The minimum absolute atomic E-state index is 0.0274. The van der Waals surface area contributed by atoms with Crippen molar-refractivity contribution in [1.29, 1.82) is 0 Å². The Bertz CT molecular complexity index is 800. The number of carbonyl (C=O) groups is 3. The fourth-order valence-electron chi connectivity index (χ4n) is 4.26. The zero-order chi connectivity index (χ0) is 23.8. The van der Waals surface area contributed by atoms with Gasteiger partial charge in [-0.3, -0.25) is 14.5 Å². The molecule has 1 aromatic carbocycles.